The number of aromatic nitrogens is 1. The van der Waals surface area contributed by atoms with Crippen molar-refractivity contribution in [2.24, 2.45) is 0 Å². The van der Waals surface area contributed by atoms with Crippen molar-refractivity contribution in [2.45, 2.75) is 18.9 Å². The van der Waals surface area contributed by atoms with E-state index in [9.17, 15) is 14.4 Å². The van der Waals surface area contributed by atoms with Gasteiger partial charge in [-0.15, -0.1) is 0 Å². The number of hydrogen-bond donors (Lipinski definition) is 3. The van der Waals surface area contributed by atoms with Gasteiger partial charge in [0.25, 0.3) is 5.91 Å². The maximum absolute atomic E-state index is 12.9. The molecule has 0 atom stereocenters. The Labute approximate surface area is 186 Å². The minimum absolute atomic E-state index is 0.0267. The van der Waals surface area contributed by atoms with Gasteiger partial charge in [-0.1, -0.05) is 34.8 Å². The van der Waals surface area contributed by atoms with Crippen molar-refractivity contribution < 1.29 is 14.4 Å². The van der Waals surface area contributed by atoms with Crippen molar-refractivity contribution in [1.82, 2.24) is 9.99 Å². The highest BCUT2D eigenvalue weighted by Gasteiger charge is 2.27. The van der Waals surface area contributed by atoms with Gasteiger partial charge in [0.1, 0.15) is 5.69 Å². The largest absolute Gasteiger partial charge is 0.345 e. The number of hydrogen-bond acceptors (Lipinski definition) is 3. The molecule has 0 aliphatic heterocycles. The van der Waals surface area contributed by atoms with Crippen molar-refractivity contribution in [3.8, 4) is 0 Å². The van der Waals surface area contributed by atoms with Gasteiger partial charge < -0.3 is 10.6 Å². The third-order valence-corrected chi connectivity index (χ3v) is 5.12. The Hall–Kier alpha value is -2.74. The van der Waals surface area contributed by atoms with Crippen LogP contribution < -0.4 is 16.1 Å². The van der Waals surface area contributed by atoms with Crippen LogP contribution in [-0.4, -0.2) is 28.4 Å². The fourth-order valence-electron chi connectivity index (χ4n) is 2.93. The van der Waals surface area contributed by atoms with Gasteiger partial charge in [0.2, 0.25) is 0 Å². The molecule has 4 rings (SSSR count). The van der Waals surface area contributed by atoms with Crippen LogP contribution in [0.25, 0.3) is 10.9 Å². The van der Waals surface area contributed by atoms with Crippen LogP contribution in [-0.2, 0) is 9.59 Å². The first-order chi connectivity index (χ1) is 14.3. The molecule has 30 heavy (non-hydrogen) atoms. The molecule has 7 nitrogen and oxygen atoms in total. The van der Waals surface area contributed by atoms with E-state index in [0.717, 1.165) is 12.8 Å². The summed E-state index contributed by atoms with van der Waals surface area (Å²) in [5.41, 5.74) is 3.46. The molecule has 2 aromatic carbocycles. The Morgan fingerprint density at radius 1 is 0.867 bits per heavy atom. The van der Waals surface area contributed by atoms with E-state index in [1.807, 2.05) is 0 Å². The monoisotopic (exact) mass is 464 g/mol. The number of nitrogens with zero attached hydrogens (tertiary/aromatic N) is 1. The van der Waals surface area contributed by atoms with Crippen LogP contribution in [0, 0.1) is 0 Å². The molecular formula is C20H15Cl3N4O3. The molecule has 0 unspecified atom stereocenters. The summed E-state index contributed by atoms with van der Waals surface area (Å²) in [5, 5.41) is 7.08. The van der Waals surface area contributed by atoms with Crippen LogP contribution in [0.4, 0.5) is 5.69 Å². The van der Waals surface area contributed by atoms with Crippen molar-refractivity contribution in [3.05, 3.63) is 63.2 Å². The Morgan fingerprint density at radius 2 is 1.57 bits per heavy atom. The number of carbonyl (C=O) groups is 3. The summed E-state index contributed by atoms with van der Waals surface area (Å²) in [6.45, 7) is 0. The van der Waals surface area contributed by atoms with Crippen molar-refractivity contribution in [1.29, 1.82) is 0 Å². The second-order valence-corrected chi connectivity index (χ2v) is 8.18. The summed E-state index contributed by atoms with van der Waals surface area (Å²) in [6, 6.07) is 11.1. The molecule has 154 valence electrons. The van der Waals surface area contributed by atoms with Crippen LogP contribution in [0.15, 0.2) is 42.5 Å². The van der Waals surface area contributed by atoms with Crippen LogP contribution >= 0.6 is 34.8 Å². The second-order valence-electron chi connectivity index (χ2n) is 6.87. The van der Waals surface area contributed by atoms with Crippen molar-refractivity contribution in [2.75, 3.05) is 10.7 Å². The van der Waals surface area contributed by atoms with Gasteiger partial charge in [-0.05, 0) is 55.3 Å². The Balaban J connectivity index is 1.67. The third kappa shape index (κ3) is 4.53. The van der Waals surface area contributed by atoms with Gasteiger partial charge in [-0.3, -0.25) is 19.8 Å². The van der Waals surface area contributed by atoms with Gasteiger partial charge in [-0.25, -0.2) is 4.68 Å². The maximum atomic E-state index is 12.9. The number of carbonyl (C=O) groups excluding carboxylic acids is 3. The molecule has 1 saturated carbocycles. The first-order valence-corrected chi connectivity index (χ1v) is 10.1. The molecule has 0 bridgehead atoms. The minimum atomic E-state index is -0.880. The third-order valence-electron chi connectivity index (χ3n) is 4.45. The Bertz CT molecular complexity index is 1170. The first-order valence-electron chi connectivity index (χ1n) is 9.00. The van der Waals surface area contributed by atoms with Gasteiger partial charge >= 0.3 is 11.8 Å². The Morgan fingerprint density at radius 3 is 2.23 bits per heavy atom. The lowest BCUT2D eigenvalue weighted by Crippen LogP contribution is -2.40. The molecule has 3 N–H and O–H groups in total. The molecule has 3 amide bonds. The zero-order valence-electron chi connectivity index (χ0n) is 15.3. The predicted octanol–water partition coefficient (Wildman–Crippen LogP) is 4.20. The van der Waals surface area contributed by atoms with Gasteiger partial charge in [0.15, 0.2) is 0 Å². The van der Waals surface area contributed by atoms with E-state index in [-0.39, 0.29) is 11.7 Å². The van der Waals surface area contributed by atoms with E-state index in [1.165, 1.54) is 22.9 Å². The SMILES string of the molecule is O=C(NC1CC1)C(=O)Nn1c(C(=O)Nc2cc(Cl)cc(Cl)c2)cc2cc(Cl)ccc21. The van der Waals surface area contributed by atoms with Crippen LogP contribution in [0.1, 0.15) is 23.3 Å². The molecule has 1 aromatic heterocycles. The van der Waals surface area contributed by atoms with E-state index >= 15 is 0 Å². The number of fused-ring (bicyclic) bond motifs is 1. The highest BCUT2D eigenvalue weighted by atomic mass is 35.5. The first kappa shape index (κ1) is 20.5. The average molecular weight is 466 g/mol. The predicted molar refractivity (Wildman–Crippen MR) is 117 cm³/mol. The zero-order chi connectivity index (χ0) is 21.4. The van der Waals surface area contributed by atoms with Crippen molar-refractivity contribution in [3.63, 3.8) is 0 Å². The summed E-state index contributed by atoms with van der Waals surface area (Å²) in [4.78, 5) is 37.4. The normalized spacial score (nSPS) is 13.2. The van der Waals surface area contributed by atoms with Gasteiger partial charge in [0.05, 0.1) is 5.52 Å². The number of amides is 3. The van der Waals surface area contributed by atoms with E-state index in [2.05, 4.69) is 16.1 Å². The summed E-state index contributed by atoms with van der Waals surface area (Å²) in [6.07, 6.45) is 1.69. The molecule has 10 heteroatoms. The maximum Gasteiger partial charge on any atom is 0.328 e. The van der Waals surface area contributed by atoms with E-state index in [1.54, 1.807) is 24.3 Å². The number of anilines is 1. The molecule has 0 radical (unpaired) electrons. The second kappa shape index (κ2) is 8.18. The molecule has 0 saturated heterocycles. The summed E-state index contributed by atoms with van der Waals surface area (Å²) in [5.74, 6) is -2.18. The topological polar surface area (TPSA) is 92.2 Å². The van der Waals surface area contributed by atoms with E-state index in [0.29, 0.717) is 31.7 Å². The molecule has 1 heterocycles. The summed E-state index contributed by atoms with van der Waals surface area (Å²) < 4.78 is 1.25. The van der Waals surface area contributed by atoms with Crippen LogP contribution in [0.2, 0.25) is 15.1 Å². The average Bonchev–Trinajstić information content (AvgIpc) is 3.41. The molecule has 1 aliphatic rings. The number of rotatable bonds is 4. The van der Waals surface area contributed by atoms with Crippen LogP contribution in [0.3, 0.4) is 0 Å². The number of nitrogens with one attached hydrogen (secondary N) is 3. The lowest BCUT2D eigenvalue weighted by atomic mass is 10.2. The molecule has 3 aromatic rings. The van der Waals surface area contributed by atoms with Crippen molar-refractivity contribution >= 4 is 69.1 Å². The fraction of sp³-hybridized carbons (Fsp3) is 0.150. The Kier molecular flexibility index (Phi) is 5.60. The molecule has 1 fully saturated rings. The summed E-state index contributed by atoms with van der Waals surface area (Å²) in [7, 11) is 0. The highest BCUT2D eigenvalue weighted by Crippen LogP contribution is 2.26. The zero-order valence-corrected chi connectivity index (χ0v) is 17.6. The fourth-order valence-corrected chi connectivity index (χ4v) is 3.63. The van der Waals surface area contributed by atoms with E-state index in [4.69, 9.17) is 34.8 Å². The highest BCUT2D eigenvalue weighted by molar-refractivity contribution is 6.38. The number of benzene rings is 2. The smallest absolute Gasteiger partial charge is 0.328 e. The molecule has 1 aliphatic carbocycles. The van der Waals surface area contributed by atoms with E-state index < -0.39 is 17.7 Å². The van der Waals surface area contributed by atoms with Crippen LogP contribution in [0.5, 0.6) is 0 Å². The molecule has 0 spiro atoms. The lowest BCUT2D eigenvalue weighted by molar-refractivity contribution is -0.136. The lowest BCUT2D eigenvalue weighted by Gasteiger charge is -2.13. The van der Waals surface area contributed by atoms with Gasteiger partial charge in [-0.2, -0.15) is 0 Å². The van der Waals surface area contributed by atoms with Gasteiger partial charge in [0, 0.05) is 32.2 Å². The standard InChI is InChI=1S/C20H15Cl3N4O3/c21-11-1-4-16-10(5-11)6-17(18(28)25-15-8-12(22)7-13(23)9-15)27(16)26-20(30)19(29)24-14-2-3-14/h1,4-9,14H,2-3H2,(H,24,29)(H,25,28)(H,26,30). The number of halogens is 3. The minimum Gasteiger partial charge on any atom is -0.345 e. The summed E-state index contributed by atoms with van der Waals surface area (Å²) >= 11 is 18.0. The molecular weight excluding hydrogens is 451 g/mol. The quantitative estimate of drug-likeness (QED) is 0.504.